The van der Waals surface area contributed by atoms with Crippen molar-refractivity contribution in [2.75, 3.05) is 5.32 Å². The Labute approximate surface area is 179 Å². The van der Waals surface area contributed by atoms with Gasteiger partial charge in [0.2, 0.25) is 5.91 Å². The normalized spacial score (nSPS) is 11.7. The largest absolute Gasteiger partial charge is 0.361 e. The van der Waals surface area contributed by atoms with E-state index in [1.807, 2.05) is 55.6 Å². The number of nitrogens with two attached hydrogens (primary N) is 1. The molecule has 8 heteroatoms. The van der Waals surface area contributed by atoms with Gasteiger partial charge in [0, 0.05) is 34.4 Å². The van der Waals surface area contributed by atoms with E-state index in [1.165, 1.54) is 6.07 Å². The lowest BCUT2D eigenvalue weighted by Crippen LogP contribution is -2.37. The van der Waals surface area contributed by atoms with Gasteiger partial charge in [0.05, 0.1) is 11.7 Å². The van der Waals surface area contributed by atoms with Crippen LogP contribution in [0.2, 0.25) is 0 Å². The van der Waals surface area contributed by atoms with E-state index in [9.17, 15) is 9.59 Å². The average molecular weight is 424 g/mol. The monoisotopic (exact) mass is 423 g/mol. The Kier molecular flexibility index (Phi) is 6.34. The number of halogens is 1. The Morgan fingerprint density at radius 3 is 2.73 bits per heavy atom. The van der Waals surface area contributed by atoms with Crippen LogP contribution in [0.15, 0.2) is 65.6 Å². The number of carbonyl (C=O) groups excluding carboxylic acids is 1. The van der Waals surface area contributed by atoms with Crippen molar-refractivity contribution < 1.29 is 4.79 Å². The van der Waals surface area contributed by atoms with Crippen molar-refractivity contribution in [2.24, 2.45) is 5.73 Å². The topological polar surface area (TPSA) is 117 Å². The molecule has 0 fully saturated rings. The summed E-state index contributed by atoms with van der Waals surface area (Å²) < 4.78 is 0. The number of aryl methyl sites for hydroxylation is 1. The van der Waals surface area contributed by atoms with Gasteiger partial charge in [-0.3, -0.25) is 9.59 Å². The van der Waals surface area contributed by atoms with Gasteiger partial charge in [-0.05, 0) is 42.7 Å². The molecule has 5 N–H and O–H groups in total. The molecule has 0 unspecified atom stereocenters. The molecule has 2 heterocycles. The summed E-state index contributed by atoms with van der Waals surface area (Å²) in [6, 6.07) is 15.9. The Morgan fingerprint density at radius 2 is 1.97 bits per heavy atom. The van der Waals surface area contributed by atoms with Crippen molar-refractivity contribution in [2.45, 2.75) is 19.4 Å². The van der Waals surface area contributed by atoms with Crippen molar-refractivity contribution in [3.8, 4) is 11.3 Å². The number of para-hydroxylation sites is 1. The molecule has 2 aromatic heterocycles. The zero-order chi connectivity index (χ0) is 20.4. The van der Waals surface area contributed by atoms with Crippen LogP contribution < -0.4 is 16.6 Å². The van der Waals surface area contributed by atoms with Gasteiger partial charge in [-0.15, -0.1) is 12.4 Å². The quantitative estimate of drug-likeness (QED) is 0.394. The Bertz CT molecular complexity index is 1230. The molecule has 0 spiro atoms. The second kappa shape index (κ2) is 8.94. The molecule has 4 rings (SSSR count). The highest BCUT2D eigenvalue weighted by atomic mass is 35.5. The van der Waals surface area contributed by atoms with Gasteiger partial charge in [-0.1, -0.05) is 30.3 Å². The van der Waals surface area contributed by atoms with Crippen molar-refractivity contribution in [1.29, 1.82) is 0 Å². The predicted octanol–water partition coefficient (Wildman–Crippen LogP) is 3.16. The van der Waals surface area contributed by atoms with Crippen LogP contribution in [0.5, 0.6) is 0 Å². The number of hydrogen-bond acceptors (Lipinski definition) is 4. The van der Waals surface area contributed by atoms with E-state index in [4.69, 9.17) is 5.73 Å². The van der Waals surface area contributed by atoms with Crippen molar-refractivity contribution in [1.82, 2.24) is 15.2 Å². The van der Waals surface area contributed by atoms with Crippen LogP contribution >= 0.6 is 12.4 Å². The van der Waals surface area contributed by atoms with E-state index in [0.29, 0.717) is 17.8 Å². The first-order valence-corrected chi connectivity index (χ1v) is 9.29. The maximum Gasteiger partial charge on any atom is 0.264 e. The molecule has 0 aliphatic carbocycles. The number of rotatable bonds is 5. The van der Waals surface area contributed by atoms with Gasteiger partial charge in [0.25, 0.3) is 5.56 Å². The third-order valence-corrected chi connectivity index (χ3v) is 4.92. The number of anilines is 1. The minimum atomic E-state index is -0.691. The molecule has 0 saturated heterocycles. The van der Waals surface area contributed by atoms with Crippen LogP contribution in [0.3, 0.4) is 0 Å². The molecular formula is C22H22ClN5O2. The molecule has 154 valence electrons. The summed E-state index contributed by atoms with van der Waals surface area (Å²) in [7, 11) is 0. The van der Waals surface area contributed by atoms with E-state index >= 15 is 0 Å². The second-order valence-corrected chi connectivity index (χ2v) is 7.00. The molecule has 0 saturated carbocycles. The number of H-pyrrole nitrogens is 2. The minimum Gasteiger partial charge on any atom is -0.361 e. The Balaban J connectivity index is 0.00000256. The number of amides is 1. The summed E-state index contributed by atoms with van der Waals surface area (Å²) in [6.07, 6.45) is 2.32. The van der Waals surface area contributed by atoms with Gasteiger partial charge >= 0.3 is 0 Å². The molecule has 30 heavy (non-hydrogen) atoms. The summed E-state index contributed by atoms with van der Waals surface area (Å²) in [4.78, 5) is 27.1. The third kappa shape index (κ3) is 4.42. The number of aromatic amines is 2. The first-order valence-electron chi connectivity index (χ1n) is 9.29. The summed E-state index contributed by atoms with van der Waals surface area (Å²) >= 11 is 0. The molecule has 1 amide bonds. The summed E-state index contributed by atoms with van der Waals surface area (Å²) in [5, 5.41) is 10.4. The number of fused-ring (bicyclic) bond motifs is 1. The molecule has 0 radical (unpaired) electrons. The highest BCUT2D eigenvalue weighted by Crippen LogP contribution is 2.24. The predicted molar refractivity (Wildman–Crippen MR) is 121 cm³/mol. The fourth-order valence-corrected chi connectivity index (χ4v) is 3.28. The lowest BCUT2D eigenvalue weighted by molar-refractivity contribution is -0.117. The molecule has 0 bridgehead atoms. The number of benzene rings is 2. The van der Waals surface area contributed by atoms with Crippen LogP contribution in [0.1, 0.15) is 11.1 Å². The fraction of sp³-hybridized carbons (Fsp3) is 0.136. The number of nitrogens with one attached hydrogen (secondary N) is 3. The minimum absolute atomic E-state index is 0. The smallest absolute Gasteiger partial charge is 0.264 e. The number of hydrogen-bond donors (Lipinski definition) is 4. The van der Waals surface area contributed by atoms with Crippen LogP contribution in [0.4, 0.5) is 5.69 Å². The maximum atomic E-state index is 12.7. The second-order valence-electron chi connectivity index (χ2n) is 7.00. The van der Waals surface area contributed by atoms with E-state index in [0.717, 1.165) is 27.6 Å². The van der Waals surface area contributed by atoms with Crippen molar-refractivity contribution in [3.05, 3.63) is 82.3 Å². The van der Waals surface area contributed by atoms with Crippen LogP contribution in [0.25, 0.3) is 22.2 Å². The standard InChI is InChI=1S/C22H21N5O2.ClH/c1-13-6-7-14(18-8-9-21(28)27-26-18)11-20(13)25-22(29)17(23)10-15-12-24-19-5-3-2-4-16(15)19;/h2-9,11-12,17,24H,10,23H2,1H3,(H,25,29)(H,27,28);1H/t17-;/m0./s1. The molecule has 0 aliphatic rings. The van der Waals surface area contributed by atoms with Gasteiger partial charge in [-0.25, -0.2) is 5.10 Å². The van der Waals surface area contributed by atoms with E-state index in [2.05, 4.69) is 20.5 Å². The van der Waals surface area contributed by atoms with E-state index in [1.54, 1.807) is 6.07 Å². The van der Waals surface area contributed by atoms with Gasteiger partial charge in [0.1, 0.15) is 0 Å². The van der Waals surface area contributed by atoms with E-state index < -0.39 is 6.04 Å². The average Bonchev–Trinajstić information content (AvgIpc) is 3.13. The molecule has 0 aliphatic heterocycles. The van der Waals surface area contributed by atoms with Crippen LogP contribution in [-0.4, -0.2) is 27.1 Å². The lowest BCUT2D eigenvalue weighted by atomic mass is 10.0. The van der Waals surface area contributed by atoms with Crippen molar-refractivity contribution in [3.63, 3.8) is 0 Å². The number of aromatic nitrogens is 3. The molecule has 1 atom stereocenters. The van der Waals surface area contributed by atoms with Crippen LogP contribution in [0, 0.1) is 6.92 Å². The Morgan fingerprint density at radius 1 is 1.17 bits per heavy atom. The van der Waals surface area contributed by atoms with Gasteiger partial charge < -0.3 is 16.0 Å². The summed E-state index contributed by atoms with van der Waals surface area (Å²) in [6.45, 7) is 1.91. The van der Waals surface area contributed by atoms with Crippen LogP contribution in [-0.2, 0) is 11.2 Å². The zero-order valence-electron chi connectivity index (χ0n) is 16.3. The SMILES string of the molecule is Cc1ccc(-c2ccc(=O)[nH]n2)cc1NC(=O)[C@@H](N)Cc1c[nH]c2ccccc12.Cl. The van der Waals surface area contributed by atoms with E-state index in [-0.39, 0.29) is 23.9 Å². The first kappa shape index (κ1) is 21.3. The Hall–Kier alpha value is -3.42. The van der Waals surface area contributed by atoms with Crippen molar-refractivity contribution >= 4 is 34.9 Å². The third-order valence-electron chi connectivity index (χ3n) is 4.92. The highest BCUT2D eigenvalue weighted by Gasteiger charge is 2.17. The number of nitrogens with zero attached hydrogens (tertiary/aromatic N) is 1. The first-order chi connectivity index (χ1) is 14.0. The molecule has 2 aromatic carbocycles. The van der Waals surface area contributed by atoms with Gasteiger partial charge in [-0.2, -0.15) is 5.10 Å². The summed E-state index contributed by atoms with van der Waals surface area (Å²) in [5.41, 5.74) is 10.9. The summed E-state index contributed by atoms with van der Waals surface area (Å²) in [5.74, 6) is -0.259. The fourth-order valence-electron chi connectivity index (χ4n) is 3.28. The zero-order valence-corrected chi connectivity index (χ0v) is 17.1. The lowest BCUT2D eigenvalue weighted by Gasteiger charge is -2.14. The molecule has 7 nitrogen and oxygen atoms in total. The highest BCUT2D eigenvalue weighted by molar-refractivity contribution is 5.96. The maximum absolute atomic E-state index is 12.7. The molecular weight excluding hydrogens is 402 g/mol. The number of carbonyl (C=O) groups is 1. The van der Waals surface area contributed by atoms with Gasteiger partial charge in [0.15, 0.2) is 0 Å². The molecule has 4 aromatic rings.